The van der Waals surface area contributed by atoms with Gasteiger partial charge in [0, 0.05) is 50.4 Å². The van der Waals surface area contributed by atoms with Crippen molar-refractivity contribution < 1.29 is 18.7 Å². The standard InChI is InChI=1S/C25H28FN7O3/c1-27-22-10-19(30-24-16(12-29-33(22)24)25(34)31-18-6-5-17(18)26)15-11-28-23-14(15)4-3-8-32(23)20-7-9-36-13-21(20)35-2/h3-4,8,10-12,17-18,20-21,27H,5-7,9,13H2,1-2H3,(H,31,34)/t17-,18?,20-,21-/m1/s1. The number of pyridine rings is 1. The smallest absolute Gasteiger partial charge is 0.257 e. The summed E-state index contributed by atoms with van der Waals surface area (Å²) in [5, 5.41) is 10.3. The Labute approximate surface area is 207 Å². The van der Waals surface area contributed by atoms with Crippen LogP contribution in [0.1, 0.15) is 35.7 Å². The molecule has 6 rings (SSSR count). The molecule has 4 aliphatic rings. The molecule has 1 aliphatic carbocycles. The number of rotatable bonds is 6. The first-order valence-corrected chi connectivity index (χ1v) is 12.2. The fraction of sp³-hybridized carbons (Fsp3) is 0.440. The van der Waals surface area contributed by atoms with Gasteiger partial charge in [-0.15, -0.1) is 0 Å². The molecule has 11 heteroatoms. The Balaban J connectivity index is 1.39. The monoisotopic (exact) mass is 493 g/mol. The maximum Gasteiger partial charge on any atom is 0.257 e. The number of halogens is 1. The molecule has 4 atom stereocenters. The Hall–Kier alpha value is -3.57. The fourth-order valence-electron chi connectivity index (χ4n) is 5.08. The van der Waals surface area contributed by atoms with Crippen LogP contribution in [0.25, 0.3) is 28.3 Å². The van der Waals surface area contributed by atoms with E-state index in [0.717, 1.165) is 23.4 Å². The number of nitrogens with one attached hydrogen (secondary N) is 2. The topological polar surface area (TPSA) is 108 Å². The number of carbonyl (C=O) groups is 1. The van der Waals surface area contributed by atoms with Crippen LogP contribution in [0.2, 0.25) is 0 Å². The predicted octanol–water partition coefficient (Wildman–Crippen LogP) is 2.95. The molecule has 1 amide bonds. The molecule has 5 heterocycles. The van der Waals surface area contributed by atoms with Crippen molar-refractivity contribution in [3.05, 3.63) is 42.4 Å². The lowest BCUT2D eigenvalue weighted by molar-refractivity contribution is -0.0600. The Morgan fingerprint density at radius 1 is 1.25 bits per heavy atom. The van der Waals surface area contributed by atoms with E-state index in [9.17, 15) is 9.18 Å². The van der Waals surface area contributed by atoms with Crippen LogP contribution < -0.4 is 10.6 Å². The van der Waals surface area contributed by atoms with Gasteiger partial charge in [0.05, 0.1) is 30.6 Å². The molecule has 188 valence electrons. The van der Waals surface area contributed by atoms with Crippen LogP contribution in [-0.4, -0.2) is 75.7 Å². The molecule has 0 radical (unpaired) electrons. The molecule has 36 heavy (non-hydrogen) atoms. The highest BCUT2D eigenvalue weighted by atomic mass is 19.1. The summed E-state index contributed by atoms with van der Waals surface area (Å²) in [5.74, 6) is 1.13. The number of methoxy groups -OCH3 is 1. The zero-order chi connectivity index (χ0) is 24.8. The van der Waals surface area contributed by atoms with Crippen LogP contribution in [0.4, 0.5) is 10.2 Å². The molecule has 1 saturated carbocycles. The zero-order valence-corrected chi connectivity index (χ0v) is 20.1. The first-order chi connectivity index (χ1) is 17.6. The second-order valence-corrected chi connectivity index (χ2v) is 9.27. The molecule has 2 aromatic rings. The van der Waals surface area contributed by atoms with E-state index >= 15 is 0 Å². The summed E-state index contributed by atoms with van der Waals surface area (Å²) in [6.45, 7) is 1.21. The Kier molecular flexibility index (Phi) is 5.81. The number of nitrogens with zero attached hydrogens (tertiary/aromatic N) is 5. The molecule has 1 unspecified atom stereocenters. The van der Waals surface area contributed by atoms with Crippen molar-refractivity contribution in [2.45, 2.75) is 43.6 Å². The van der Waals surface area contributed by atoms with Crippen molar-refractivity contribution in [1.82, 2.24) is 29.5 Å². The number of hydrogen-bond donors (Lipinski definition) is 2. The first-order valence-electron chi connectivity index (χ1n) is 12.2. The summed E-state index contributed by atoms with van der Waals surface area (Å²) >= 11 is 0. The second kappa shape index (κ2) is 9.14. The van der Waals surface area contributed by atoms with E-state index in [4.69, 9.17) is 19.4 Å². The molecule has 0 bridgehead atoms. The van der Waals surface area contributed by atoms with Gasteiger partial charge in [-0.25, -0.2) is 14.4 Å². The summed E-state index contributed by atoms with van der Waals surface area (Å²) in [5.41, 5.74) is 3.14. The minimum absolute atomic E-state index is 0.0627. The van der Waals surface area contributed by atoms with E-state index in [1.807, 2.05) is 24.4 Å². The molecular weight excluding hydrogens is 465 g/mol. The Bertz CT molecular complexity index is 1390. The number of alkyl halides is 1. The molecular formula is C25H28FN7O3. The summed E-state index contributed by atoms with van der Waals surface area (Å²) < 4.78 is 28.8. The predicted molar refractivity (Wildman–Crippen MR) is 131 cm³/mol. The van der Waals surface area contributed by atoms with Crippen LogP contribution in [0.3, 0.4) is 0 Å². The molecule has 10 nitrogen and oxygen atoms in total. The fourth-order valence-corrected chi connectivity index (χ4v) is 5.08. The van der Waals surface area contributed by atoms with Crippen LogP contribution in [-0.2, 0) is 9.47 Å². The third-order valence-corrected chi connectivity index (χ3v) is 7.29. The third kappa shape index (κ3) is 3.70. The van der Waals surface area contributed by atoms with Crippen LogP contribution in [0.5, 0.6) is 0 Å². The summed E-state index contributed by atoms with van der Waals surface area (Å²) in [4.78, 5) is 22.5. The van der Waals surface area contributed by atoms with Gasteiger partial charge in [0.15, 0.2) is 5.65 Å². The maximum absolute atomic E-state index is 13.7. The van der Waals surface area contributed by atoms with E-state index in [2.05, 4.69) is 20.3 Å². The number of aromatic nitrogens is 5. The molecule has 0 aromatic carbocycles. The van der Waals surface area contributed by atoms with Crippen molar-refractivity contribution in [3.63, 3.8) is 0 Å². The zero-order valence-electron chi connectivity index (χ0n) is 20.1. The van der Waals surface area contributed by atoms with Gasteiger partial charge in [0.1, 0.15) is 29.5 Å². The SMILES string of the molecule is CNc1cc(-c2cnc3n([C@@H]4CCOC[C@H]4OC)cccc2-3)nc2c(C(=O)NC3CC[C@H]3F)cnn12. The molecule has 2 fully saturated rings. The quantitative estimate of drug-likeness (QED) is 0.425. The molecule has 0 spiro atoms. The summed E-state index contributed by atoms with van der Waals surface area (Å²) in [6, 6.07) is 5.54. The van der Waals surface area contributed by atoms with E-state index in [0.29, 0.717) is 48.8 Å². The minimum Gasteiger partial charge on any atom is -0.379 e. The number of anilines is 1. The van der Waals surface area contributed by atoms with Gasteiger partial charge in [-0.3, -0.25) is 4.79 Å². The van der Waals surface area contributed by atoms with Crippen molar-refractivity contribution in [2.24, 2.45) is 0 Å². The van der Waals surface area contributed by atoms with Gasteiger partial charge < -0.3 is 24.7 Å². The number of fused-ring (bicyclic) bond motifs is 2. The van der Waals surface area contributed by atoms with Crippen molar-refractivity contribution in [2.75, 3.05) is 32.7 Å². The Morgan fingerprint density at radius 2 is 2.14 bits per heavy atom. The highest BCUT2D eigenvalue weighted by molar-refractivity contribution is 6.00. The second-order valence-electron chi connectivity index (χ2n) is 9.27. The van der Waals surface area contributed by atoms with Crippen molar-refractivity contribution in [3.8, 4) is 22.6 Å². The van der Waals surface area contributed by atoms with E-state index in [-0.39, 0.29) is 18.1 Å². The van der Waals surface area contributed by atoms with E-state index < -0.39 is 12.2 Å². The normalized spacial score (nSPS) is 24.1. The van der Waals surface area contributed by atoms with Crippen LogP contribution >= 0.6 is 0 Å². The Morgan fingerprint density at radius 3 is 2.89 bits per heavy atom. The van der Waals surface area contributed by atoms with Gasteiger partial charge in [0.2, 0.25) is 0 Å². The highest BCUT2D eigenvalue weighted by Gasteiger charge is 2.33. The van der Waals surface area contributed by atoms with Gasteiger partial charge in [-0.05, 0) is 31.4 Å². The van der Waals surface area contributed by atoms with Crippen molar-refractivity contribution in [1.29, 1.82) is 0 Å². The largest absolute Gasteiger partial charge is 0.379 e. The first kappa shape index (κ1) is 22.9. The highest BCUT2D eigenvalue weighted by Crippen LogP contribution is 2.37. The number of ether oxygens (including phenoxy) is 2. The van der Waals surface area contributed by atoms with Gasteiger partial charge in [-0.2, -0.15) is 9.61 Å². The lowest BCUT2D eigenvalue weighted by Gasteiger charge is -2.33. The van der Waals surface area contributed by atoms with E-state index in [1.54, 1.807) is 24.9 Å². The van der Waals surface area contributed by atoms with Gasteiger partial charge in [-0.1, -0.05) is 0 Å². The van der Waals surface area contributed by atoms with Crippen LogP contribution in [0.15, 0.2) is 36.8 Å². The number of hydrogen-bond acceptors (Lipinski definition) is 7. The molecule has 2 aromatic heterocycles. The summed E-state index contributed by atoms with van der Waals surface area (Å²) in [7, 11) is 3.49. The lowest BCUT2D eigenvalue weighted by atomic mass is 9.90. The average Bonchev–Trinajstić information content (AvgIpc) is 3.54. The number of amides is 1. The third-order valence-electron chi connectivity index (χ3n) is 7.29. The lowest BCUT2D eigenvalue weighted by Crippen LogP contribution is -2.48. The van der Waals surface area contributed by atoms with Gasteiger partial charge >= 0.3 is 0 Å². The number of carbonyl (C=O) groups excluding carboxylic acids is 1. The minimum atomic E-state index is -1.01. The van der Waals surface area contributed by atoms with E-state index in [1.165, 1.54) is 6.20 Å². The summed E-state index contributed by atoms with van der Waals surface area (Å²) in [6.07, 6.45) is 6.17. The molecule has 3 aliphatic heterocycles. The van der Waals surface area contributed by atoms with Crippen LogP contribution in [0, 0.1) is 0 Å². The molecule has 2 N–H and O–H groups in total. The molecule has 1 saturated heterocycles. The van der Waals surface area contributed by atoms with Crippen molar-refractivity contribution >= 4 is 17.4 Å². The maximum atomic E-state index is 13.7. The van der Waals surface area contributed by atoms with Gasteiger partial charge in [0.25, 0.3) is 5.91 Å². The average molecular weight is 494 g/mol.